The largest absolute Gasteiger partial charge is 0.488 e. The van der Waals surface area contributed by atoms with Crippen molar-refractivity contribution in [2.24, 2.45) is 10.4 Å². The summed E-state index contributed by atoms with van der Waals surface area (Å²) in [5, 5.41) is 7.02. The van der Waals surface area contributed by atoms with Crippen LogP contribution in [-0.2, 0) is 16.0 Å². The molecule has 1 saturated carbocycles. The molecule has 2 fully saturated rings. The zero-order valence-electron chi connectivity index (χ0n) is 18.7. The number of aliphatic imine (C=N–C) groups is 1. The van der Waals surface area contributed by atoms with Crippen molar-refractivity contribution in [2.45, 2.75) is 58.1 Å². The number of methoxy groups -OCH3 is 1. The highest BCUT2D eigenvalue weighted by atomic mass is 127. The molecule has 1 atom stereocenters. The van der Waals surface area contributed by atoms with Gasteiger partial charge in [0.15, 0.2) is 5.96 Å². The van der Waals surface area contributed by atoms with E-state index < -0.39 is 0 Å². The van der Waals surface area contributed by atoms with Gasteiger partial charge in [0.2, 0.25) is 0 Å². The zero-order valence-corrected chi connectivity index (χ0v) is 21.0. The van der Waals surface area contributed by atoms with Gasteiger partial charge in [-0.2, -0.15) is 0 Å². The Bertz CT molecular complexity index is 672. The van der Waals surface area contributed by atoms with E-state index in [4.69, 9.17) is 14.2 Å². The van der Waals surface area contributed by atoms with Crippen LogP contribution in [0, 0.1) is 12.3 Å². The minimum Gasteiger partial charge on any atom is -0.488 e. The number of ether oxygens (including phenoxy) is 3. The third kappa shape index (κ3) is 7.27. The third-order valence-corrected chi connectivity index (χ3v) is 6.21. The molecule has 0 amide bonds. The first-order valence-electron chi connectivity index (χ1n) is 10.9. The highest BCUT2D eigenvalue weighted by molar-refractivity contribution is 14.0. The molecule has 0 bridgehead atoms. The van der Waals surface area contributed by atoms with Gasteiger partial charge in [0.05, 0.1) is 13.2 Å². The van der Waals surface area contributed by atoms with Gasteiger partial charge in [-0.25, -0.2) is 0 Å². The normalized spacial score (nSPS) is 20.6. The number of benzene rings is 1. The Labute approximate surface area is 198 Å². The summed E-state index contributed by atoms with van der Waals surface area (Å²) in [7, 11) is 3.61. The maximum Gasteiger partial charge on any atom is 0.191 e. The predicted octanol–water partition coefficient (Wildman–Crippen LogP) is 4.04. The first-order valence-corrected chi connectivity index (χ1v) is 10.9. The molecule has 170 valence electrons. The summed E-state index contributed by atoms with van der Waals surface area (Å²) in [4.78, 5) is 4.43. The fraction of sp³-hybridized carbons (Fsp3) is 0.696. The number of halogens is 1. The van der Waals surface area contributed by atoms with E-state index in [-0.39, 0.29) is 30.1 Å². The lowest BCUT2D eigenvalue weighted by Gasteiger charge is -2.30. The Morgan fingerprint density at radius 2 is 2.07 bits per heavy atom. The van der Waals surface area contributed by atoms with Gasteiger partial charge in [0.25, 0.3) is 0 Å². The molecule has 7 heteroatoms. The van der Waals surface area contributed by atoms with E-state index in [0.29, 0.717) is 18.6 Å². The minimum absolute atomic E-state index is 0. The average molecular weight is 531 g/mol. The van der Waals surface area contributed by atoms with Crippen LogP contribution in [0.2, 0.25) is 0 Å². The van der Waals surface area contributed by atoms with E-state index in [0.717, 1.165) is 49.9 Å². The number of nitrogens with zero attached hydrogens (tertiary/aromatic N) is 1. The number of nitrogens with one attached hydrogen (secondary N) is 2. The monoisotopic (exact) mass is 531 g/mol. The number of guanidine groups is 1. The average Bonchev–Trinajstić information content (AvgIpc) is 3.40. The van der Waals surface area contributed by atoms with Crippen molar-refractivity contribution in [1.29, 1.82) is 0 Å². The lowest BCUT2D eigenvalue weighted by atomic mass is 9.83. The second kappa shape index (κ2) is 12.7. The molecule has 6 nitrogen and oxygen atoms in total. The number of aryl methyl sites for hydroxylation is 1. The summed E-state index contributed by atoms with van der Waals surface area (Å²) in [5.74, 6) is 1.78. The van der Waals surface area contributed by atoms with Gasteiger partial charge in [0.1, 0.15) is 11.9 Å². The molecule has 1 saturated heterocycles. The number of hydrogen-bond acceptors (Lipinski definition) is 4. The summed E-state index contributed by atoms with van der Waals surface area (Å²) in [5.41, 5.74) is 2.67. The van der Waals surface area contributed by atoms with Crippen LogP contribution in [0.3, 0.4) is 0 Å². The van der Waals surface area contributed by atoms with Crippen LogP contribution in [0.15, 0.2) is 23.2 Å². The van der Waals surface area contributed by atoms with Crippen LogP contribution in [-0.4, -0.2) is 52.6 Å². The van der Waals surface area contributed by atoms with Gasteiger partial charge in [-0.1, -0.05) is 25.0 Å². The van der Waals surface area contributed by atoms with Crippen LogP contribution < -0.4 is 15.4 Å². The van der Waals surface area contributed by atoms with Crippen LogP contribution in [0.5, 0.6) is 5.75 Å². The SMILES string of the molecule is CN=C(NCc1ccc(C)cc1OC1CCOC1)NCC1(CCOC)CCCC1.I. The zero-order chi connectivity index (χ0) is 20.5. The van der Waals surface area contributed by atoms with E-state index in [1.54, 1.807) is 7.11 Å². The highest BCUT2D eigenvalue weighted by Crippen LogP contribution is 2.40. The van der Waals surface area contributed by atoms with Crippen molar-refractivity contribution in [2.75, 3.05) is 40.5 Å². The van der Waals surface area contributed by atoms with Crippen molar-refractivity contribution in [3.8, 4) is 5.75 Å². The molecule has 2 N–H and O–H groups in total. The van der Waals surface area contributed by atoms with Gasteiger partial charge >= 0.3 is 0 Å². The van der Waals surface area contributed by atoms with Crippen LogP contribution in [0.4, 0.5) is 0 Å². The molecular formula is C23H38IN3O3. The summed E-state index contributed by atoms with van der Waals surface area (Å²) < 4.78 is 17.0. The van der Waals surface area contributed by atoms with Gasteiger partial charge in [-0.3, -0.25) is 4.99 Å². The Morgan fingerprint density at radius 1 is 1.27 bits per heavy atom. The number of hydrogen-bond donors (Lipinski definition) is 2. The Balaban J connectivity index is 0.00000320. The Morgan fingerprint density at radius 3 is 2.73 bits per heavy atom. The van der Waals surface area contributed by atoms with Crippen molar-refractivity contribution in [3.05, 3.63) is 29.3 Å². The molecule has 0 spiro atoms. The van der Waals surface area contributed by atoms with Crippen molar-refractivity contribution in [1.82, 2.24) is 10.6 Å². The van der Waals surface area contributed by atoms with Gasteiger partial charge in [0, 0.05) is 45.8 Å². The van der Waals surface area contributed by atoms with Crippen LogP contribution >= 0.6 is 24.0 Å². The fourth-order valence-corrected chi connectivity index (χ4v) is 4.33. The fourth-order valence-electron chi connectivity index (χ4n) is 4.33. The van der Waals surface area contributed by atoms with Crippen molar-refractivity contribution in [3.63, 3.8) is 0 Å². The maximum atomic E-state index is 6.22. The molecule has 1 unspecified atom stereocenters. The lowest BCUT2D eigenvalue weighted by Crippen LogP contribution is -2.43. The van der Waals surface area contributed by atoms with Gasteiger partial charge in [-0.05, 0) is 43.2 Å². The molecular weight excluding hydrogens is 493 g/mol. The second-order valence-electron chi connectivity index (χ2n) is 8.44. The molecule has 0 aromatic heterocycles. The molecule has 1 aliphatic heterocycles. The Kier molecular flexibility index (Phi) is 10.7. The van der Waals surface area contributed by atoms with Crippen molar-refractivity contribution < 1.29 is 14.2 Å². The molecule has 1 aliphatic carbocycles. The molecule has 30 heavy (non-hydrogen) atoms. The van der Waals surface area contributed by atoms with Crippen molar-refractivity contribution >= 4 is 29.9 Å². The maximum absolute atomic E-state index is 6.22. The topological polar surface area (TPSA) is 64.1 Å². The first kappa shape index (κ1) is 25.2. The minimum atomic E-state index is 0. The summed E-state index contributed by atoms with van der Waals surface area (Å²) in [6, 6.07) is 6.38. The van der Waals surface area contributed by atoms with Crippen LogP contribution in [0.25, 0.3) is 0 Å². The first-order chi connectivity index (χ1) is 14.1. The molecule has 3 rings (SSSR count). The summed E-state index contributed by atoms with van der Waals surface area (Å²) in [6.07, 6.45) is 7.36. The standard InChI is InChI=1S/C23H37N3O3.HI/c1-18-6-7-19(21(14-18)29-20-8-12-28-16-20)15-25-22(24-2)26-17-23(11-13-27-3)9-4-5-10-23;/h6-7,14,20H,4-5,8-13,15-17H2,1-3H3,(H2,24,25,26);1H. The van der Waals surface area contributed by atoms with Crippen LogP contribution in [0.1, 0.15) is 49.7 Å². The quantitative estimate of drug-likeness (QED) is 0.286. The summed E-state index contributed by atoms with van der Waals surface area (Å²) >= 11 is 0. The molecule has 1 heterocycles. The van der Waals surface area contributed by atoms with E-state index in [9.17, 15) is 0 Å². The second-order valence-corrected chi connectivity index (χ2v) is 8.44. The molecule has 2 aliphatic rings. The predicted molar refractivity (Wildman–Crippen MR) is 132 cm³/mol. The van der Waals surface area contributed by atoms with Gasteiger partial charge < -0.3 is 24.8 Å². The Hall–Kier alpha value is -1.06. The van der Waals surface area contributed by atoms with E-state index in [1.165, 1.54) is 31.2 Å². The smallest absolute Gasteiger partial charge is 0.191 e. The lowest BCUT2D eigenvalue weighted by molar-refractivity contribution is 0.138. The van der Waals surface area contributed by atoms with Gasteiger partial charge in [-0.15, -0.1) is 24.0 Å². The molecule has 1 aromatic rings. The van der Waals surface area contributed by atoms with E-state index in [1.807, 2.05) is 7.05 Å². The van der Waals surface area contributed by atoms with E-state index >= 15 is 0 Å². The molecule has 1 aromatic carbocycles. The van der Waals surface area contributed by atoms with E-state index in [2.05, 4.69) is 40.7 Å². The highest BCUT2D eigenvalue weighted by Gasteiger charge is 2.33. The molecule has 0 radical (unpaired) electrons. The third-order valence-electron chi connectivity index (χ3n) is 6.21. The summed E-state index contributed by atoms with van der Waals surface area (Å²) in [6.45, 7) is 5.99. The number of rotatable bonds is 9.